The Morgan fingerprint density at radius 3 is 2.61 bits per heavy atom. The van der Waals surface area contributed by atoms with Crippen molar-refractivity contribution in [3.05, 3.63) is 60.6 Å². The van der Waals surface area contributed by atoms with E-state index in [1.165, 1.54) is 13.5 Å². The second-order valence-electron chi connectivity index (χ2n) is 8.07. The SMILES string of the molecule is CCC(CCCCO)OC(=O)NCc1cccc(NC(=O)Nc2ccc(-c3cnco3)c(OC)c2)c1. The van der Waals surface area contributed by atoms with Gasteiger partial charge in [0.05, 0.1) is 18.9 Å². The van der Waals surface area contributed by atoms with Gasteiger partial charge in [-0.2, -0.15) is 0 Å². The second kappa shape index (κ2) is 13.7. The van der Waals surface area contributed by atoms with Crippen molar-refractivity contribution in [1.82, 2.24) is 10.3 Å². The smallest absolute Gasteiger partial charge is 0.407 e. The number of aliphatic hydroxyl groups is 1. The first-order chi connectivity index (χ1) is 17.5. The van der Waals surface area contributed by atoms with Gasteiger partial charge in [0.15, 0.2) is 12.2 Å². The lowest BCUT2D eigenvalue weighted by Gasteiger charge is -2.16. The quantitative estimate of drug-likeness (QED) is 0.254. The molecule has 10 nitrogen and oxygen atoms in total. The van der Waals surface area contributed by atoms with Gasteiger partial charge in [-0.05, 0) is 55.5 Å². The largest absolute Gasteiger partial charge is 0.496 e. The summed E-state index contributed by atoms with van der Waals surface area (Å²) >= 11 is 0. The fraction of sp³-hybridized carbons (Fsp3) is 0.346. The number of ether oxygens (including phenoxy) is 2. The normalized spacial score (nSPS) is 11.4. The number of aromatic nitrogens is 1. The molecule has 192 valence electrons. The summed E-state index contributed by atoms with van der Waals surface area (Å²) in [5.41, 5.74) is 2.63. The Balaban J connectivity index is 1.52. The summed E-state index contributed by atoms with van der Waals surface area (Å²) < 4.78 is 16.2. The van der Waals surface area contributed by atoms with Crippen LogP contribution in [0.15, 0.2) is 59.5 Å². The molecule has 0 saturated carbocycles. The first kappa shape index (κ1) is 26.6. The predicted molar refractivity (Wildman–Crippen MR) is 136 cm³/mol. The van der Waals surface area contributed by atoms with E-state index in [1.54, 1.807) is 42.6 Å². The summed E-state index contributed by atoms with van der Waals surface area (Å²) in [6.45, 7) is 2.34. The van der Waals surface area contributed by atoms with E-state index in [-0.39, 0.29) is 19.3 Å². The summed E-state index contributed by atoms with van der Waals surface area (Å²) in [5, 5.41) is 17.2. The zero-order chi connectivity index (χ0) is 25.8. The molecule has 0 spiro atoms. The van der Waals surface area contributed by atoms with Crippen molar-refractivity contribution < 1.29 is 28.6 Å². The molecule has 0 fully saturated rings. The van der Waals surface area contributed by atoms with E-state index in [0.29, 0.717) is 42.1 Å². The Morgan fingerprint density at radius 1 is 1.11 bits per heavy atom. The zero-order valence-electron chi connectivity index (χ0n) is 20.5. The van der Waals surface area contributed by atoms with Gasteiger partial charge in [-0.1, -0.05) is 19.1 Å². The molecule has 0 saturated heterocycles. The predicted octanol–water partition coefficient (Wildman–Crippen LogP) is 5.16. The van der Waals surface area contributed by atoms with Crippen molar-refractivity contribution in [2.45, 2.75) is 45.3 Å². The number of alkyl carbamates (subject to hydrolysis) is 1. The average molecular weight is 497 g/mol. The Hall–Kier alpha value is -4.05. The minimum atomic E-state index is -0.496. The zero-order valence-corrected chi connectivity index (χ0v) is 20.5. The molecule has 36 heavy (non-hydrogen) atoms. The summed E-state index contributed by atoms with van der Waals surface area (Å²) in [6, 6.07) is 11.9. The van der Waals surface area contributed by atoms with Crippen LogP contribution in [-0.4, -0.2) is 42.0 Å². The molecule has 0 aliphatic carbocycles. The number of methoxy groups -OCH3 is 1. The number of nitrogens with one attached hydrogen (secondary N) is 3. The van der Waals surface area contributed by atoms with E-state index in [0.717, 1.165) is 17.5 Å². The van der Waals surface area contributed by atoms with Crippen LogP contribution in [0.1, 0.15) is 38.2 Å². The van der Waals surface area contributed by atoms with Crippen LogP contribution in [0, 0.1) is 0 Å². The topological polar surface area (TPSA) is 135 Å². The number of hydrogen-bond donors (Lipinski definition) is 4. The van der Waals surface area contributed by atoms with Gasteiger partial charge in [-0.3, -0.25) is 0 Å². The maximum atomic E-state index is 12.5. The Kier molecular flexibility index (Phi) is 10.1. The van der Waals surface area contributed by atoms with Crippen LogP contribution in [0.25, 0.3) is 11.3 Å². The van der Waals surface area contributed by atoms with Crippen molar-refractivity contribution in [2.24, 2.45) is 0 Å². The highest BCUT2D eigenvalue weighted by Crippen LogP contribution is 2.32. The van der Waals surface area contributed by atoms with Crippen molar-refractivity contribution >= 4 is 23.5 Å². The van der Waals surface area contributed by atoms with E-state index >= 15 is 0 Å². The number of amides is 3. The molecule has 0 aliphatic heterocycles. The Morgan fingerprint density at radius 2 is 1.92 bits per heavy atom. The summed E-state index contributed by atoms with van der Waals surface area (Å²) in [4.78, 5) is 28.6. The third-order valence-corrected chi connectivity index (χ3v) is 5.44. The molecule has 1 aromatic heterocycles. The molecule has 2 aromatic carbocycles. The molecular formula is C26H32N4O6. The lowest BCUT2D eigenvalue weighted by atomic mass is 10.1. The number of oxazole rings is 1. The van der Waals surface area contributed by atoms with E-state index in [2.05, 4.69) is 20.9 Å². The molecule has 3 amide bonds. The minimum Gasteiger partial charge on any atom is -0.496 e. The van der Waals surface area contributed by atoms with E-state index in [1.807, 2.05) is 13.0 Å². The number of nitrogens with zero attached hydrogens (tertiary/aromatic N) is 1. The molecule has 10 heteroatoms. The number of anilines is 2. The maximum absolute atomic E-state index is 12.5. The van der Waals surface area contributed by atoms with Crippen molar-refractivity contribution in [1.29, 1.82) is 0 Å². The lowest BCUT2D eigenvalue weighted by molar-refractivity contribution is 0.0873. The molecule has 1 heterocycles. The molecule has 1 atom stereocenters. The summed E-state index contributed by atoms with van der Waals surface area (Å²) in [5.74, 6) is 1.09. The van der Waals surface area contributed by atoms with Gasteiger partial charge in [-0.25, -0.2) is 14.6 Å². The highest BCUT2D eigenvalue weighted by atomic mass is 16.6. The molecule has 1 unspecified atom stereocenters. The van der Waals surface area contributed by atoms with Crippen LogP contribution in [0.5, 0.6) is 5.75 Å². The number of unbranched alkanes of at least 4 members (excludes halogenated alkanes) is 1. The molecule has 0 bridgehead atoms. The molecule has 3 aromatic rings. The van der Waals surface area contributed by atoms with Crippen LogP contribution in [0.4, 0.5) is 21.0 Å². The number of aliphatic hydroxyl groups excluding tert-OH is 1. The molecule has 3 rings (SSSR count). The highest BCUT2D eigenvalue weighted by molar-refractivity contribution is 6.00. The molecule has 0 aliphatic rings. The first-order valence-corrected chi connectivity index (χ1v) is 11.8. The molecule has 4 N–H and O–H groups in total. The molecule has 0 radical (unpaired) electrons. The van der Waals surface area contributed by atoms with Gasteiger partial charge in [0.1, 0.15) is 11.9 Å². The summed E-state index contributed by atoms with van der Waals surface area (Å²) in [6.07, 6.45) is 5.16. The van der Waals surface area contributed by atoms with Gasteiger partial charge in [-0.15, -0.1) is 0 Å². The van der Waals surface area contributed by atoms with Crippen LogP contribution in [-0.2, 0) is 11.3 Å². The lowest BCUT2D eigenvalue weighted by Crippen LogP contribution is -2.28. The Labute approximate surface area is 210 Å². The van der Waals surface area contributed by atoms with Crippen molar-refractivity contribution in [2.75, 3.05) is 24.4 Å². The monoisotopic (exact) mass is 496 g/mol. The number of carbonyl (C=O) groups excluding carboxylic acids is 2. The fourth-order valence-electron chi connectivity index (χ4n) is 3.57. The van der Waals surface area contributed by atoms with Gasteiger partial charge in [0.2, 0.25) is 0 Å². The number of hydrogen-bond acceptors (Lipinski definition) is 7. The standard InChI is InChI=1S/C26H32N4O6/c1-3-21(9-4-5-12-31)36-26(33)28-15-18-7-6-8-19(13-18)29-25(32)30-20-10-11-22(23(14-20)34-2)24-16-27-17-35-24/h6-8,10-11,13-14,16-17,21,31H,3-5,9,12,15H2,1-2H3,(H,28,33)(H2,29,30,32). The van der Waals surface area contributed by atoms with Gasteiger partial charge < -0.3 is 34.9 Å². The van der Waals surface area contributed by atoms with Crippen LogP contribution >= 0.6 is 0 Å². The Bertz CT molecular complexity index is 1120. The third kappa shape index (κ3) is 8.02. The first-order valence-electron chi connectivity index (χ1n) is 11.8. The third-order valence-electron chi connectivity index (χ3n) is 5.44. The van der Waals surface area contributed by atoms with E-state index < -0.39 is 12.1 Å². The van der Waals surface area contributed by atoms with Gasteiger partial charge >= 0.3 is 12.1 Å². The van der Waals surface area contributed by atoms with Crippen molar-refractivity contribution in [3.8, 4) is 17.1 Å². The van der Waals surface area contributed by atoms with E-state index in [9.17, 15) is 9.59 Å². The minimum absolute atomic E-state index is 0.134. The number of carbonyl (C=O) groups is 2. The average Bonchev–Trinajstić information content (AvgIpc) is 3.42. The fourth-order valence-corrected chi connectivity index (χ4v) is 3.57. The summed E-state index contributed by atoms with van der Waals surface area (Å²) in [7, 11) is 1.54. The van der Waals surface area contributed by atoms with Crippen molar-refractivity contribution in [3.63, 3.8) is 0 Å². The maximum Gasteiger partial charge on any atom is 0.407 e. The molecular weight excluding hydrogens is 464 g/mol. The second-order valence-corrected chi connectivity index (χ2v) is 8.07. The van der Waals surface area contributed by atoms with Crippen LogP contribution in [0.3, 0.4) is 0 Å². The number of urea groups is 1. The van der Waals surface area contributed by atoms with Crippen LogP contribution < -0.4 is 20.7 Å². The highest BCUT2D eigenvalue weighted by Gasteiger charge is 2.13. The van der Waals surface area contributed by atoms with Gasteiger partial charge in [0.25, 0.3) is 0 Å². The number of benzene rings is 2. The van der Waals surface area contributed by atoms with E-state index in [4.69, 9.17) is 19.0 Å². The number of rotatable bonds is 12. The van der Waals surface area contributed by atoms with Crippen LogP contribution in [0.2, 0.25) is 0 Å². The van der Waals surface area contributed by atoms with Gasteiger partial charge in [0, 0.05) is 30.6 Å².